The first-order chi connectivity index (χ1) is 6.75. The Labute approximate surface area is 89.0 Å². The molecule has 0 heterocycles. The summed E-state index contributed by atoms with van der Waals surface area (Å²) in [7, 11) is 0. The van der Waals surface area contributed by atoms with Crippen molar-refractivity contribution in [2.24, 2.45) is 11.8 Å². The number of rotatable bonds is 5. The SMILES string of the molecule is C=CCCNC1CCCCC1C(C)C. The van der Waals surface area contributed by atoms with Crippen LogP contribution < -0.4 is 5.32 Å². The Morgan fingerprint density at radius 1 is 1.36 bits per heavy atom. The van der Waals surface area contributed by atoms with Gasteiger partial charge in [0.15, 0.2) is 0 Å². The van der Waals surface area contributed by atoms with Crippen LogP contribution >= 0.6 is 0 Å². The Hall–Kier alpha value is -0.300. The van der Waals surface area contributed by atoms with Gasteiger partial charge in [-0.25, -0.2) is 0 Å². The molecule has 0 aromatic rings. The highest BCUT2D eigenvalue weighted by atomic mass is 14.9. The van der Waals surface area contributed by atoms with E-state index in [4.69, 9.17) is 0 Å². The van der Waals surface area contributed by atoms with Gasteiger partial charge in [-0.05, 0) is 37.6 Å². The average Bonchev–Trinajstić information content (AvgIpc) is 2.19. The zero-order valence-electron chi connectivity index (χ0n) is 9.76. The summed E-state index contributed by atoms with van der Waals surface area (Å²) in [6, 6.07) is 0.767. The van der Waals surface area contributed by atoms with E-state index in [-0.39, 0.29) is 0 Å². The van der Waals surface area contributed by atoms with Gasteiger partial charge in [0.05, 0.1) is 0 Å². The van der Waals surface area contributed by atoms with Crippen LogP contribution in [-0.2, 0) is 0 Å². The zero-order valence-corrected chi connectivity index (χ0v) is 9.76. The van der Waals surface area contributed by atoms with Crippen LogP contribution in [0.5, 0.6) is 0 Å². The van der Waals surface area contributed by atoms with Crippen molar-refractivity contribution in [3.63, 3.8) is 0 Å². The van der Waals surface area contributed by atoms with E-state index in [1.165, 1.54) is 25.7 Å². The molecule has 1 N–H and O–H groups in total. The quantitative estimate of drug-likeness (QED) is 0.524. The molecule has 1 heteroatoms. The molecule has 1 rings (SSSR count). The first-order valence-corrected chi connectivity index (χ1v) is 6.10. The molecular formula is C13H25N. The summed E-state index contributed by atoms with van der Waals surface area (Å²) < 4.78 is 0. The van der Waals surface area contributed by atoms with E-state index >= 15 is 0 Å². The van der Waals surface area contributed by atoms with Gasteiger partial charge >= 0.3 is 0 Å². The summed E-state index contributed by atoms with van der Waals surface area (Å²) in [5.74, 6) is 1.73. The van der Waals surface area contributed by atoms with Crippen LogP contribution in [0.1, 0.15) is 46.0 Å². The van der Waals surface area contributed by atoms with Crippen molar-refractivity contribution >= 4 is 0 Å². The second-order valence-corrected chi connectivity index (χ2v) is 4.83. The smallest absolute Gasteiger partial charge is 0.00978 e. The van der Waals surface area contributed by atoms with Crippen LogP contribution in [0.2, 0.25) is 0 Å². The van der Waals surface area contributed by atoms with Crippen molar-refractivity contribution < 1.29 is 0 Å². The van der Waals surface area contributed by atoms with E-state index in [1.807, 2.05) is 6.08 Å². The molecule has 0 bridgehead atoms. The van der Waals surface area contributed by atoms with Gasteiger partial charge in [-0.15, -0.1) is 6.58 Å². The highest BCUT2D eigenvalue weighted by molar-refractivity contribution is 4.83. The van der Waals surface area contributed by atoms with Crippen LogP contribution in [0.25, 0.3) is 0 Å². The lowest BCUT2D eigenvalue weighted by atomic mass is 9.78. The molecule has 0 spiro atoms. The van der Waals surface area contributed by atoms with Crippen LogP contribution in [-0.4, -0.2) is 12.6 Å². The van der Waals surface area contributed by atoms with Gasteiger partial charge < -0.3 is 5.32 Å². The molecule has 0 aliphatic heterocycles. The summed E-state index contributed by atoms with van der Waals surface area (Å²) in [5.41, 5.74) is 0. The third-order valence-electron chi connectivity index (χ3n) is 3.43. The number of hydrogen-bond donors (Lipinski definition) is 1. The van der Waals surface area contributed by atoms with Crippen molar-refractivity contribution in [3.05, 3.63) is 12.7 Å². The monoisotopic (exact) mass is 195 g/mol. The van der Waals surface area contributed by atoms with Crippen LogP contribution in [0.3, 0.4) is 0 Å². The fourth-order valence-electron chi connectivity index (χ4n) is 2.58. The predicted molar refractivity (Wildman–Crippen MR) is 63.4 cm³/mol. The molecule has 2 unspecified atom stereocenters. The Bertz CT molecular complexity index is 163. The van der Waals surface area contributed by atoms with Gasteiger partial charge in [-0.3, -0.25) is 0 Å². The van der Waals surface area contributed by atoms with Crippen molar-refractivity contribution in [2.75, 3.05) is 6.54 Å². The summed E-state index contributed by atoms with van der Waals surface area (Å²) >= 11 is 0. The Morgan fingerprint density at radius 2 is 2.07 bits per heavy atom. The standard InChI is InChI=1S/C13H25N/c1-4-5-10-14-13-9-7-6-8-12(13)11(2)3/h4,11-14H,1,5-10H2,2-3H3. The summed E-state index contributed by atoms with van der Waals surface area (Å²) in [6.07, 6.45) is 8.74. The molecule has 1 aliphatic carbocycles. The van der Waals surface area contributed by atoms with E-state index in [2.05, 4.69) is 25.7 Å². The van der Waals surface area contributed by atoms with Gasteiger partial charge in [-0.1, -0.05) is 32.8 Å². The van der Waals surface area contributed by atoms with Gasteiger partial charge in [0, 0.05) is 6.04 Å². The minimum absolute atomic E-state index is 0.767. The normalized spacial score (nSPS) is 27.9. The lowest BCUT2D eigenvalue weighted by Crippen LogP contribution is -2.41. The largest absolute Gasteiger partial charge is 0.313 e. The van der Waals surface area contributed by atoms with Crippen LogP contribution in [0, 0.1) is 11.8 Å². The van der Waals surface area contributed by atoms with Crippen LogP contribution in [0.15, 0.2) is 12.7 Å². The first-order valence-electron chi connectivity index (χ1n) is 6.10. The molecule has 82 valence electrons. The van der Waals surface area contributed by atoms with E-state index in [1.54, 1.807) is 0 Å². The Balaban J connectivity index is 2.33. The minimum Gasteiger partial charge on any atom is -0.313 e. The van der Waals surface area contributed by atoms with Crippen molar-refractivity contribution in [2.45, 2.75) is 52.0 Å². The minimum atomic E-state index is 0.767. The molecule has 0 amide bonds. The molecule has 1 fully saturated rings. The summed E-state index contributed by atoms with van der Waals surface area (Å²) in [5, 5.41) is 3.68. The lowest BCUT2D eigenvalue weighted by Gasteiger charge is -2.35. The summed E-state index contributed by atoms with van der Waals surface area (Å²) in [6.45, 7) is 9.58. The van der Waals surface area contributed by atoms with Crippen LogP contribution in [0.4, 0.5) is 0 Å². The van der Waals surface area contributed by atoms with E-state index in [9.17, 15) is 0 Å². The fraction of sp³-hybridized carbons (Fsp3) is 0.846. The molecule has 1 nitrogen and oxygen atoms in total. The van der Waals surface area contributed by atoms with Crippen molar-refractivity contribution in [3.8, 4) is 0 Å². The molecule has 0 saturated heterocycles. The number of nitrogens with one attached hydrogen (secondary N) is 1. The maximum Gasteiger partial charge on any atom is 0.00978 e. The fourth-order valence-corrected chi connectivity index (χ4v) is 2.58. The second-order valence-electron chi connectivity index (χ2n) is 4.83. The van der Waals surface area contributed by atoms with Crippen molar-refractivity contribution in [1.82, 2.24) is 5.32 Å². The summed E-state index contributed by atoms with van der Waals surface area (Å²) in [4.78, 5) is 0. The molecule has 2 atom stereocenters. The molecule has 0 radical (unpaired) electrons. The molecule has 0 aromatic carbocycles. The molecular weight excluding hydrogens is 170 g/mol. The molecule has 1 aliphatic rings. The molecule has 14 heavy (non-hydrogen) atoms. The lowest BCUT2D eigenvalue weighted by molar-refractivity contribution is 0.207. The number of hydrogen-bond acceptors (Lipinski definition) is 1. The Morgan fingerprint density at radius 3 is 2.71 bits per heavy atom. The maximum absolute atomic E-state index is 3.76. The van der Waals surface area contributed by atoms with E-state index in [0.717, 1.165) is 30.8 Å². The van der Waals surface area contributed by atoms with Gasteiger partial charge in [0.1, 0.15) is 0 Å². The first kappa shape index (κ1) is 11.8. The third-order valence-corrected chi connectivity index (χ3v) is 3.43. The van der Waals surface area contributed by atoms with Crippen molar-refractivity contribution in [1.29, 1.82) is 0 Å². The average molecular weight is 195 g/mol. The van der Waals surface area contributed by atoms with E-state index < -0.39 is 0 Å². The predicted octanol–water partition coefficient (Wildman–Crippen LogP) is 3.37. The molecule has 0 aromatic heterocycles. The van der Waals surface area contributed by atoms with Gasteiger partial charge in [0.25, 0.3) is 0 Å². The highest BCUT2D eigenvalue weighted by Crippen LogP contribution is 2.29. The zero-order chi connectivity index (χ0) is 10.4. The Kier molecular flexibility index (Phi) is 5.24. The maximum atomic E-state index is 3.76. The molecule has 1 saturated carbocycles. The van der Waals surface area contributed by atoms with E-state index in [0.29, 0.717) is 0 Å². The highest BCUT2D eigenvalue weighted by Gasteiger charge is 2.26. The van der Waals surface area contributed by atoms with Gasteiger partial charge in [-0.2, -0.15) is 0 Å². The van der Waals surface area contributed by atoms with Gasteiger partial charge in [0.2, 0.25) is 0 Å². The second kappa shape index (κ2) is 6.23. The topological polar surface area (TPSA) is 12.0 Å². The third kappa shape index (κ3) is 3.45.